The summed E-state index contributed by atoms with van der Waals surface area (Å²) in [6.45, 7) is 5.22. The number of aryl methyl sites for hydroxylation is 1. The average molecular weight is 287 g/mol. The van der Waals surface area contributed by atoms with E-state index >= 15 is 0 Å². The minimum atomic E-state index is 0.346. The minimum absolute atomic E-state index is 0.346. The Balaban J connectivity index is 1.88. The van der Waals surface area contributed by atoms with Crippen LogP contribution in [0, 0.1) is 6.92 Å². The fourth-order valence-corrected chi connectivity index (χ4v) is 2.85. The van der Waals surface area contributed by atoms with E-state index in [1.807, 2.05) is 25.1 Å². The van der Waals surface area contributed by atoms with Crippen molar-refractivity contribution < 1.29 is 9.26 Å². The monoisotopic (exact) mass is 287 g/mol. The molecule has 2 atom stereocenters. The SMILES string of the molecule is COc1cc(C)ccc1-c1noc(C2CCNC(C)C2)n1. The summed E-state index contributed by atoms with van der Waals surface area (Å²) in [4.78, 5) is 4.59. The van der Waals surface area contributed by atoms with Crippen LogP contribution in [0.1, 0.15) is 37.1 Å². The number of methoxy groups -OCH3 is 1. The number of aromatic nitrogens is 2. The Kier molecular flexibility index (Phi) is 3.92. The van der Waals surface area contributed by atoms with Gasteiger partial charge >= 0.3 is 0 Å². The van der Waals surface area contributed by atoms with Gasteiger partial charge in [-0.1, -0.05) is 11.2 Å². The first-order chi connectivity index (χ1) is 10.2. The molecule has 2 aromatic rings. The van der Waals surface area contributed by atoms with Gasteiger partial charge in [0.25, 0.3) is 0 Å². The molecule has 112 valence electrons. The summed E-state index contributed by atoms with van der Waals surface area (Å²) in [5, 5.41) is 7.57. The molecule has 21 heavy (non-hydrogen) atoms. The Hall–Kier alpha value is -1.88. The second-order valence-electron chi connectivity index (χ2n) is 5.74. The fourth-order valence-electron chi connectivity index (χ4n) is 2.85. The molecule has 0 aliphatic carbocycles. The molecule has 1 N–H and O–H groups in total. The molecule has 1 aliphatic rings. The summed E-state index contributed by atoms with van der Waals surface area (Å²) in [7, 11) is 1.66. The van der Waals surface area contributed by atoms with E-state index in [0.717, 1.165) is 42.2 Å². The summed E-state index contributed by atoms with van der Waals surface area (Å²) < 4.78 is 10.9. The standard InChI is InChI=1S/C16H21N3O2/c1-10-4-5-13(14(8-10)20-3)15-18-16(21-19-15)12-6-7-17-11(2)9-12/h4-5,8,11-12,17H,6-7,9H2,1-3H3. The zero-order chi connectivity index (χ0) is 14.8. The van der Waals surface area contributed by atoms with Crippen LogP contribution >= 0.6 is 0 Å². The number of nitrogens with one attached hydrogen (secondary N) is 1. The van der Waals surface area contributed by atoms with Crippen molar-refractivity contribution in [2.75, 3.05) is 13.7 Å². The van der Waals surface area contributed by atoms with Crippen LogP contribution < -0.4 is 10.1 Å². The van der Waals surface area contributed by atoms with Crippen molar-refractivity contribution in [3.63, 3.8) is 0 Å². The maximum Gasteiger partial charge on any atom is 0.230 e. The number of benzene rings is 1. The summed E-state index contributed by atoms with van der Waals surface area (Å²) >= 11 is 0. The lowest BCUT2D eigenvalue weighted by Crippen LogP contribution is -2.34. The number of hydrogen-bond acceptors (Lipinski definition) is 5. The number of ether oxygens (including phenoxy) is 1. The van der Waals surface area contributed by atoms with Crippen LogP contribution in [-0.4, -0.2) is 29.8 Å². The molecule has 5 heteroatoms. The molecule has 0 spiro atoms. The van der Waals surface area contributed by atoms with E-state index in [2.05, 4.69) is 22.4 Å². The zero-order valence-electron chi connectivity index (χ0n) is 12.7. The van der Waals surface area contributed by atoms with Crippen LogP contribution in [0.15, 0.2) is 22.7 Å². The first kappa shape index (κ1) is 14.1. The van der Waals surface area contributed by atoms with Gasteiger partial charge in [0.1, 0.15) is 5.75 Å². The van der Waals surface area contributed by atoms with Crippen LogP contribution in [0.2, 0.25) is 0 Å². The lowest BCUT2D eigenvalue weighted by Gasteiger charge is -2.25. The molecule has 1 aliphatic heterocycles. The van der Waals surface area contributed by atoms with Gasteiger partial charge in [-0.25, -0.2) is 0 Å². The summed E-state index contributed by atoms with van der Waals surface area (Å²) in [5.41, 5.74) is 2.02. The molecule has 5 nitrogen and oxygen atoms in total. The van der Waals surface area contributed by atoms with E-state index in [-0.39, 0.29) is 0 Å². The van der Waals surface area contributed by atoms with Gasteiger partial charge in [0.15, 0.2) is 0 Å². The number of piperidine rings is 1. The van der Waals surface area contributed by atoms with E-state index in [9.17, 15) is 0 Å². The normalized spacial score (nSPS) is 22.2. The molecule has 1 aromatic carbocycles. The molecule has 1 aromatic heterocycles. The van der Waals surface area contributed by atoms with E-state index in [1.54, 1.807) is 7.11 Å². The van der Waals surface area contributed by atoms with Crippen molar-refractivity contribution in [1.82, 2.24) is 15.5 Å². The third kappa shape index (κ3) is 2.93. The predicted octanol–water partition coefficient (Wildman–Crippen LogP) is 2.91. The Morgan fingerprint density at radius 3 is 3.00 bits per heavy atom. The Morgan fingerprint density at radius 1 is 1.38 bits per heavy atom. The highest BCUT2D eigenvalue weighted by Gasteiger charge is 2.25. The number of hydrogen-bond donors (Lipinski definition) is 1. The maximum atomic E-state index is 5.49. The van der Waals surface area contributed by atoms with Gasteiger partial charge in [0.2, 0.25) is 11.7 Å². The molecule has 0 amide bonds. The third-order valence-electron chi connectivity index (χ3n) is 4.01. The van der Waals surface area contributed by atoms with Crippen molar-refractivity contribution in [2.24, 2.45) is 0 Å². The largest absolute Gasteiger partial charge is 0.496 e. The average Bonchev–Trinajstić information content (AvgIpc) is 2.96. The van der Waals surface area contributed by atoms with E-state index < -0.39 is 0 Å². The second-order valence-corrected chi connectivity index (χ2v) is 5.74. The maximum absolute atomic E-state index is 5.49. The smallest absolute Gasteiger partial charge is 0.230 e. The van der Waals surface area contributed by atoms with Gasteiger partial charge < -0.3 is 14.6 Å². The molecule has 1 fully saturated rings. The summed E-state index contributed by atoms with van der Waals surface area (Å²) in [5.74, 6) is 2.47. The first-order valence-electron chi connectivity index (χ1n) is 7.39. The van der Waals surface area contributed by atoms with Crippen LogP contribution in [0.5, 0.6) is 5.75 Å². The molecule has 3 rings (SSSR count). The molecular weight excluding hydrogens is 266 g/mol. The van der Waals surface area contributed by atoms with Crippen molar-refractivity contribution in [3.05, 3.63) is 29.7 Å². The molecule has 0 radical (unpaired) electrons. The van der Waals surface area contributed by atoms with Crippen LogP contribution in [0.3, 0.4) is 0 Å². The van der Waals surface area contributed by atoms with Crippen molar-refractivity contribution in [3.8, 4) is 17.1 Å². The molecule has 0 bridgehead atoms. The minimum Gasteiger partial charge on any atom is -0.496 e. The highest BCUT2D eigenvalue weighted by Crippen LogP contribution is 2.32. The number of nitrogens with zero attached hydrogens (tertiary/aromatic N) is 2. The van der Waals surface area contributed by atoms with Crippen molar-refractivity contribution >= 4 is 0 Å². The molecule has 2 heterocycles. The van der Waals surface area contributed by atoms with Gasteiger partial charge in [0.05, 0.1) is 12.7 Å². The van der Waals surface area contributed by atoms with E-state index in [0.29, 0.717) is 17.8 Å². The summed E-state index contributed by atoms with van der Waals surface area (Å²) in [6, 6.07) is 6.49. The van der Waals surface area contributed by atoms with Crippen molar-refractivity contribution in [2.45, 2.75) is 38.6 Å². The lowest BCUT2D eigenvalue weighted by atomic mass is 9.93. The molecule has 0 saturated carbocycles. The highest BCUT2D eigenvalue weighted by atomic mass is 16.5. The predicted molar refractivity (Wildman–Crippen MR) is 80.5 cm³/mol. The van der Waals surface area contributed by atoms with Gasteiger partial charge in [-0.15, -0.1) is 0 Å². The summed E-state index contributed by atoms with van der Waals surface area (Å²) in [6.07, 6.45) is 2.07. The van der Waals surface area contributed by atoms with Gasteiger partial charge in [-0.3, -0.25) is 0 Å². The zero-order valence-corrected chi connectivity index (χ0v) is 12.7. The Morgan fingerprint density at radius 2 is 2.24 bits per heavy atom. The first-order valence-corrected chi connectivity index (χ1v) is 7.39. The van der Waals surface area contributed by atoms with Gasteiger partial charge in [-0.2, -0.15) is 4.98 Å². The number of rotatable bonds is 3. The van der Waals surface area contributed by atoms with Crippen LogP contribution in [0.4, 0.5) is 0 Å². The quantitative estimate of drug-likeness (QED) is 0.940. The second kappa shape index (κ2) is 5.85. The van der Waals surface area contributed by atoms with Gasteiger partial charge in [0, 0.05) is 12.0 Å². The van der Waals surface area contributed by atoms with E-state index in [1.165, 1.54) is 0 Å². The fraction of sp³-hybridized carbons (Fsp3) is 0.500. The Labute approximate surface area is 124 Å². The van der Waals surface area contributed by atoms with Crippen LogP contribution in [0.25, 0.3) is 11.4 Å². The molecule has 1 saturated heterocycles. The topological polar surface area (TPSA) is 60.2 Å². The molecule has 2 unspecified atom stereocenters. The Bertz CT molecular complexity index is 624. The van der Waals surface area contributed by atoms with E-state index in [4.69, 9.17) is 9.26 Å². The highest BCUT2D eigenvalue weighted by molar-refractivity contribution is 5.64. The molecular formula is C16H21N3O2. The van der Waals surface area contributed by atoms with Crippen molar-refractivity contribution in [1.29, 1.82) is 0 Å². The lowest BCUT2D eigenvalue weighted by molar-refractivity contribution is 0.295. The van der Waals surface area contributed by atoms with Crippen LogP contribution in [-0.2, 0) is 0 Å². The van der Waals surface area contributed by atoms with Gasteiger partial charge in [-0.05, 0) is 50.9 Å². The third-order valence-corrected chi connectivity index (χ3v) is 4.01.